The molecule has 6 nitrogen and oxygen atoms in total. The molecule has 4 aromatic rings. The minimum absolute atomic E-state index is 0.205. The summed E-state index contributed by atoms with van der Waals surface area (Å²) in [5, 5.41) is 13.3. The molecule has 0 aliphatic rings. The van der Waals surface area contributed by atoms with Crippen molar-refractivity contribution in [3.05, 3.63) is 66.2 Å². The van der Waals surface area contributed by atoms with Crippen molar-refractivity contribution in [1.82, 2.24) is 14.5 Å². The van der Waals surface area contributed by atoms with Crippen LogP contribution in [-0.4, -0.2) is 25.6 Å². The third kappa shape index (κ3) is 2.25. The van der Waals surface area contributed by atoms with E-state index in [0.29, 0.717) is 17.1 Å². The van der Waals surface area contributed by atoms with Crippen molar-refractivity contribution in [2.24, 2.45) is 0 Å². The summed E-state index contributed by atoms with van der Waals surface area (Å²) in [6.45, 7) is 1.83. The summed E-state index contributed by atoms with van der Waals surface area (Å²) in [7, 11) is 0. The number of aromatic nitrogens is 3. The number of hydrogen-bond donors (Lipinski definition) is 1. The van der Waals surface area contributed by atoms with Crippen LogP contribution < -0.4 is 0 Å². The van der Waals surface area contributed by atoms with Crippen LogP contribution in [0.15, 0.2) is 59.4 Å². The topological polar surface area (TPSA) is 80.6 Å². The van der Waals surface area contributed by atoms with Gasteiger partial charge < -0.3 is 14.0 Å². The van der Waals surface area contributed by atoms with Gasteiger partial charge in [0.2, 0.25) is 0 Å². The van der Waals surface area contributed by atoms with Crippen LogP contribution in [0.4, 0.5) is 0 Å². The lowest BCUT2D eigenvalue weighted by molar-refractivity contribution is 0.0696. The number of carbonyl (C=O) groups is 1. The van der Waals surface area contributed by atoms with E-state index in [1.807, 2.05) is 37.3 Å². The highest BCUT2D eigenvalue weighted by Gasteiger charge is 2.19. The summed E-state index contributed by atoms with van der Waals surface area (Å²) in [6.07, 6.45) is 3.33. The normalized spacial score (nSPS) is 11.0. The lowest BCUT2D eigenvalue weighted by atomic mass is 10.0. The Labute approximate surface area is 137 Å². The van der Waals surface area contributed by atoms with Crippen molar-refractivity contribution in [3.8, 4) is 22.5 Å². The van der Waals surface area contributed by atoms with Gasteiger partial charge >= 0.3 is 5.97 Å². The van der Waals surface area contributed by atoms with Gasteiger partial charge in [-0.1, -0.05) is 35.5 Å². The molecule has 0 radical (unpaired) electrons. The minimum Gasteiger partial charge on any atom is -0.478 e. The number of carboxylic acids is 1. The molecule has 0 fully saturated rings. The van der Waals surface area contributed by atoms with Crippen molar-refractivity contribution in [3.63, 3.8) is 0 Å². The molecule has 0 saturated carbocycles. The number of rotatable bonds is 3. The molecule has 0 amide bonds. The Bertz CT molecular complexity index is 1050. The largest absolute Gasteiger partial charge is 0.478 e. The van der Waals surface area contributed by atoms with Gasteiger partial charge in [-0.3, -0.25) is 0 Å². The van der Waals surface area contributed by atoms with Gasteiger partial charge in [0.25, 0.3) is 0 Å². The summed E-state index contributed by atoms with van der Waals surface area (Å²) < 4.78 is 7.06. The van der Waals surface area contributed by atoms with E-state index in [-0.39, 0.29) is 5.56 Å². The van der Waals surface area contributed by atoms with Gasteiger partial charge in [0, 0.05) is 18.0 Å². The fourth-order valence-electron chi connectivity index (χ4n) is 2.71. The van der Waals surface area contributed by atoms with Crippen LogP contribution >= 0.6 is 0 Å². The number of fused-ring (bicyclic) bond motifs is 1. The first-order chi connectivity index (χ1) is 11.6. The van der Waals surface area contributed by atoms with Crippen LogP contribution in [0.3, 0.4) is 0 Å². The monoisotopic (exact) mass is 319 g/mol. The highest BCUT2D eigenvalue weighted by molar-refractivity contribution is 5.88. The summed E-state index contributed by atoms with van der Waals surface area (Å²) in [6, 6.07) is 12.9. The average Bonchev–Trinajstić information content (AvgIpc) is 3.17. The van der Waals surface area contributed by atoms with Gasteiger partial charge in [0.15, 0.2) is 0 Å². The first kappa shape index (κ1) is 14.2. The van der Waals surface area contributed by atoms with Crippen LogP contribution in [0.1, 0.15) is 16.1 Å². The Hall–Kier alpha value is -3.41. The van der Waals surface area contributed by atoms with Gasteiger partial charge in [-0.15, -0.1) is 0 Å². The molecule has 3 aromatic heterocycles. The van der Waals surface area contributed by atoms with Crippen LogP contribution in [0, 0.1) is 6.92 Å². The van der Waals surface area contributed by atoms with E-state index in [4.69, 9.17) is 9.63 Å². The fourth-order valence-corrected chi connectivity index (χ4v) is 2.71. The maximum absolute atomic E-state index is 11.1. The Kier molecular flexibility index (Phi) is 3.16. The molecule has 0 aliphatic heterocycles. The van der Waals surface area contributed by atoms with Gasteiger partial charge in [0.1, 0.15) is 17.1 Å². The van der Waals surface area contributed by atoms with Crippen LogP contribution in [0.25, 0.3) is 28.2 Å². The first-order valence-electron chi connectivity index (χ1n) is 7.37. The van der Waals surface area contributed by atoms with E-state index < -0.39 is 5.97 Å². The molecule has 6 heteroatoms. The van der Waals surface area contributed by atoms with E-state index in [0.717, 1.165) is 16.8 Å². The van der Waals surface area contributed by atoms with Crippen molar-refractivity contribution < 1.29 is 14.4 Å². The number of aromatic carboxylic acids is 1. The highest BCUT2D eigenvalue weighted by atomic mass is 16.5. The molecule has 0 atom stereocenters. The summed E-state index contributed by atoms with van der Waals surface area (Å²) in [4.78, 5) is 15.7. The average molecular weight is 319 g/mol. The molecule has 3 heterocycles. The molecular weight excluding hydrogens is 306 g/mol. The number of benzene rings is 1. The van der Waals surface area contributed by atoms with E-state index in [9.17, 15) is 4.79 Å². The van der Waals surface area contributed by atoms with Crippen molar-refractivity contribution in [2.75, 3.05) is 0 Å². The molecule has 0 bridgehead atoms. The summed E-state index contributed by atoms with van der Waals surface area (Å²) in [5.41, 5.74) is 4.02. The predicted molar refractivity (Wildman–Crippen MR) is 87.8 cm³/mol. The molecule has 0 saturated heterocycles. The maximum atomic E-state index is 11.1. The lowest BCUT2D eigenvalue weighted by Crippen LogP contribution is -1.97. The van der Waals surface area contributed by atoms with Crippen LogP contribution in [0.5, 0.6) is 0 Å². The summed E-state index contributed by atoms with van der Waals surface area (Å²) in [5.74, 6) is -0.311. The smallest absolute Gasteiger partial charge is 0.337 e. The molecule has 0 aliphatic carbocycles. The molecule has 0 unspecified atom stereocenters. The van der Waals surface area contributed by atoms with Gasteiger partial charge in [0.05, 0.1) is 16.8 Å². The Morgan fingerprint density at radius 2 is 1.92 bits per heavy atom. The van der Waals surface area contributed by atoms with Crippen molar-refractivity contribution >= 4 is 11.6 Å². The molecule has 118 valence electrons. The van der Waals surface area contributed by atoms with Crippen molar-refractivity contribution in [2.45, 2.75) is 6.92 Å². The quantitative estimate of drug-likeness (QED) is 0.623. The summed E-state index contributed by atoms with van der Waals surface area (Å²) >= 11 is 0. The molecule has 0 spiro atoms. The Morgan fingerprint density at radius 3 is 2.67 bits per heavy atom. The van der Waals surface area contributed by atoms with E-state index in [1.54, 1.807) is 22.9 Å². The molecular formula is C18H13N3O3. The number of aryl methyl sites for hydroxylation is 1. The molecule has 1 aromatic carbocycles. The van der Waals surface area contributed by atoms with Gasteiger partial charge in [-0.2, -0.15) is 0 Å². The zero-order valence-electron chi connectivity index (χ0n) is 12.8. The SMILES string of the molecule is Cc1onc(-c2ccccc2)c1-c1cn2cc(C(=O)O)ccc2n1. The number of nitrogens with zero attached hydrogens (tertiary/aromatic N) is 3. The number of imidazole rings is 1. The van der Waals surface area contributed by atoms with E-state index in [2.05, 4.69) is 10.1 Å². The second-order valence-electron chi connectivity index (χ2n) is 5.44. The maximum Gasteiger partial charge on any atom is 0.337 e. The number of hydrogen-bond acceptors (Lipinski definition) is 4. The highest BCUT2D eigenvalue weighted by Crippen LogP contribution is 2.33. The van der Waals surface area contributed by atoms with E-state index in [1.165, 1.54) is 6.07 Å². The zero-order chi connectivity index (χ0) is 16.7. The lowest BCUT2D eigenvalue weighted by Gasteiger charge is -1.99. The van der Waals surface area contributed by atoms with Gasteiger partial charge in [-0.05, 0) is 19.1 Å². The minimum atomic E-state index is -0.974. The number of carboxylic acid groups (broad SMARTS) is 1. The number of pyridine rings is 1. The van der Waals surface area contributed by atoms with Crippen LogP contribution in [-0.2, 0) is 0 Å². The Morgan fingerprint density at radius 1 is 1.12 bits per heavy atom. The second-order valence-corrected chi connectivity index (χ2v) is 5.44. The zero-order valence-corrected chi connectivity index (χ0v) is 12.8. The van der Waals surface area contributed by atoms with Gasteiger partial charge in [-0.25, -0.2) is 9.78 Å². The predicted octanol–water partition coefficient (Wildman–Crippen LogP) is 3.66. The second kappa shape index (κ2) is 5.34. The standard InChI is InChI=1S/C18H13N3O3/c1-11-16(17(20-24-11)12-5-3-2-4-6-12)14-10-21-9-13(18(22)23)7-8-15(21)19-14/h2-10H,1H3,(H,22,23). The third-order valence-electron chi connectivity index (χ3n) is 3.86. The van der Waals surface area contributed by atoms with Crippen LogP contribution in [0.2, 0.25) is 0 Å². The molecule has 24 heavy (non-hydrogen) atoms. The third-order valence-corrected chi connectivity index (χ3v) is 3.86. The molecule has 1 N–H and O–H groups in total. The molecule has 4 rings (SSSR count). The van der Waals surface area contributed by atoms with Crippen molar-refractivity contribution in [1.29, 1.82) is 0 Å². The Balaban J connectivity index is 1.89. The first-order valence-corrected chi connectivity index (χ1v) is 7.37. The van der Waals surface area contributed by atoms with E-state index >= 15 is 0 Å². The fraction of sp³-hybridized carbons (Fsp3) is 0.0556.